The van der Waals surface area contributed by atoms with Gasteiger partial charge in [0.15, 0.2) is 5.96 Å². The molecule has 0 unspecified atom stereocenters. The van der Waals surface area contributed by atoms with Crippen molar-refractivity contribution in [1.82, 2.24) is 10.6 Å². The number of nitrogens with zero attached hydrogens (tertiary/aromatic N) is 1. The second kappa shape index (κ2) is 11.3. The van der Waals surface area contributed by atoms with Gasteiger partial charge >= 0.3 is 0 Å². The van der Waals surface area contributed by atoms with Crippen LogP contribution < -0.4 is 15.4 Å². The number of thiophene rings is 1. The molecule has 2 N–H and O–H groups in total. The van der Waals surface area contributed by atoms with Crippen LogP contribution in [-0.4, -0.2) is 19.1 Å². The number of ether oxygens (including phenoxy) is 1. The van der Waals surface area contributed by atoms with Crippen molar-refractivity contribution in [2.75, 3.05) is 13.2 Å². The largest absolute Gasteiger partial charge is 0.494 e. The van der Waals surface area contributed by atoms with Crippen molar-refractivity contribution in [2.45, 2.75) is 33.9 Å². The molecule has 0 aliphatic carbocycles. The standard InChI is InChI=1S/C18H25N3OS.HI/c1-4-19-18(21-12-16-8-9-23-13-16)20-11-15-6-7-17(22-5-2)14(3)10-15;/h6-10,13H,4-5,11-12H2,1-3H3,(H2,19,20,21);1H. The molecule has 1 aromatic heterocycles. The first-order chi connectivity index (χ1) is 11.2. The Balaban J connectivity index is 0.00000288. The fraction of sp³-hybridized carbons (Fsp3) is 0.389. The van der Waals surface area contributed by atoms with Crippen LogP contribution in [0.2, 0.25) is 0 Å². The zero-order valence-electron chi connectivity index (χ0n) is 14.5. The summed E-state index contributed by atoms with van der Waals surface area (Å²) in [6, 6.07) is 8.38. The first-order valence-corrected chi connectivity index (χ1v) is 8.92. The predicted octanol–water partition coefficient (Wildman–Crippen LogP) is 4.33. The zero-order valence-corrected chi connectivity index (χ0v) is 17.6. The van der Waals surface area contributed by atoms with Gasteiger partial charge in [0, 0.05) is 13.1 Å². The molecule has 1 heterocycles. The minimum atomic E-state index is 0. The first-order valence-electron chi connectivity index (χ1n) is 7.98. The highest BCUT2D eigenvalue weighted by atomic mass is 127. The predicted molar refractivity (Wildman–Crippen MR) is 114 cm³/mol. The quantitative estimate of drug-likeness (QED) is 0.368. The molecule has 0 amide bonds. The Labute approximate surface area is 165 Å². The van der Waals surface area contributed by atoms with Crippen LogP contribution in [0.15, 0.2) is 40.0 Å². The maximum Gasteiger partial charge on any atom is 0.191 e. The lowest BCUT2D eigenvalue weighted by molar-refractivity contribution is 0.338. The van der Waals surface area contributed by atoms with Gasteiger partial charge in [-0.3, -0.25) is 0 Å². The average molecular weight is 459 g/mol. The molecule has 6 heteroatoms. The highest BCUT2D eigenvalue weighted by Gasteiger charge is 2.02. The van der Waals surface area contributed by atoms with Gasteiger partial charge in [0.05, 0.1) is 13.2 Å². The third kappa shape index (κ3) is 6.68. The number of aliphatic imine (C=N–C) groups is 1. The van der Waals surface area contributed by atoms with Gasteiger partial charge in [0.1, 0.15) is 5.75 Å². The third-order valence-electron chi connectivity index (χ3n) is 3.34. The summed E-state index contributed by atoms with van der Waals surface area (Å²) in [5.74, 6) is 1.79. The molecule has 0 fully saturated rings. The SMILES string of the molecule is CCNC(=NCc1ccsc1)NCc1ccc(OCC)c(C)c1.I. The summed E-state index contributed by atoms with van der Waals surface area (Å²) in [4.78, 5) is 4.62. The van der Waals surface area contributed by atoms with Crippen LogP contribution in [0.5, 0.6) is 5.75 Å². The number of benzene rings is 1. The normalized spacial score (nSPS) is 10.9. The fourth-order valence-corrected chi connectivity index (χ4v) is 2.88. The molecule has 4 nitrogen and oxygen atoms in total. The molecule has 0 aliphatic rings. The molecule has 2 aromatic rings. The maximum absolute atomic E-state index is 5.58. The van der Waals surface area contributed by atoms with Crippen molar-refractivity contribution in [2.24, 2.45) is 4.99 Å². The number of rotatable bonds is 7. The van der Waals surface area contributed by atoms with Crippen molar-refractivity contribution in [3.63, 3.8) is 0 Å². The van der Waals surface area contributed by atoms with Crippen molar-refractivity contribution in [3.05, 3.63) is 51.7 Å². The lowest BCUT2D eigenvalue weighted by atomic mass is 10.1. The van der Waals surface area contributed by atoms with E-state index >= 15 is 0 Å². The van der Waals surface area contributed by atoms with Gasteiger partial charge in [-0.2, -0.15) is 11.3 Å². The smallest absolute Gasteiger partial charge is 0.191 e. The van der Waals surface area contributed by atoms with E-state index in [1.807, 2.05) is 13.0 Å². The third-order valence-corrected chi connectivity index (χ3v) is 4.08. The molecule has 0 atom stereocenters. The van der Waals surface area contributed by atoms with Crippen molar-refractivity contribution < 1.29 is 4.74 Å². The summed E-state index contributed by atoms with van der Waals surface area (Å²) >= 11 is 1.70. The van der Waals surface area contributed by atoms with Gasteiger partial charge in [0.25, 0.3) is 0 Å². The summed E-state index contributed by atoms with van der Waals surface area (Å²) in [6.07, 6.45) is 0. The fourth-order valence-electron chi connectivity index (χ4n) is 2.22. The molecule has 0 aliphatic heterocycles. The van der Waals surface area contributed by atoms with Crippen LogP contribution >= 0.6 is 35.3 Å². The second-order valence-corrected chi connectivity index (χ2v) is 5.99. The maximum atomic E-state index is 5.58. The molecule has 132 valence electrons. The van der Waals surface area contributed by atoms with Gasteiger partial charge in [-0.05, 0) is 60.4 Å². The molecule has 0 saturated heterocycles. The van der Waals surface area contributed by atoms with Gasteiger partial charge in [-0.15, -0.1) is 24.0 Å². The lowest BCUT2D eigenvalue weighted by Gasteiger charge is -2.13. The number of nitrogens with one attached hydrogen (secondary N) is 2. The van der Waals surface area contributed by atoms with Crippen LogP contribution in [-0.2, 0) is 13.1 Å². The van der Waals surface area contributed by atoms with Gasteiger partial charge < -0.3 is 15.4 Å². The van der Waals surface area contributed by atoms with Crippen molar-refractivity contribution in [3.8, 4) is 5.75 Å². The van der Waals surface area contributed by atoms with Gasteiger partial charge in [-0.1, -0.05) is 12.1 Å². The Morgan fingerprint density at radius 3 is 2.62 bits per heavy atom. The molecule has 0 spiro atoms. The molecule has 0 bridgehead atoms. The molecule has 1 aromatic carbocycles. The lowest BCUT2D eigenvalue weighted by Crippen LogP contribution is -2.36. The molecular weight excluding hydrogens is 433 g/mol. The van der Waals surface area contributed by atoms with Crippen LogP contribution in [0.3, 0.4) is 0 Å². The minimum Gasteiger partial charge on any atom is -0.494 e. The van der Waals surface area contributed by atoms with Crippen LogP contribution in [0.4, 0.5) is 0 Å². The van der Waals surface area contributed by atoms with Crippen LogP contribution in [0.25, 0.3) is 0 Å². The summed E-state index contributed by atoms with van der Waals surface area (Å²) in [5.41, 5.74) is 3.61. The van der Waals surface area contributed by atoms with Crippen LogP contribution in [0, 0.1) is 6.92 Å². The Hall–Kier alpha value is -1.28. The minimum absolute atomic E-state index is 0. The van der Waals surface area contributed by atoms with Crippen LogP contribution in [0.1, 0.15) is 30.5 Å². The van der Waals surface area contributed by atoms with E-state index in [-0.39, 0.29) is 24.0 Å². The summed E-state index contributed by atoms with van der Waals surface area (Å²) in [5, 5.41) is 10.9. The Kier molecular flexibility index (Phi) is 9.78. The summed E-state index contributed by atoms with van der Waals surface area (Å²) in [6.45, 7) is 9.12. The second-order valence-electron chi connectivity index (χ2n) is 5.21. The van der Waals surface area contributed by atoms with E-state index in [1.54, 1.807) is 11.3 Å². The molecule has 0 saturated carbocycles. The zero-order chi connectivity index (χ0) is 16.5. The number of hydrogen-bond acceptors (Lipinski definition) is 3. The van der Waals surface area contributed by atoms with E-state index in [0.717, 1.165) is 30.4 Å². The van der Waals surface area contributed by atoms with E-state index in [1.165, 1.54) is 11.1 Å². The number of guanidine groups is 1. The Morgan fingerprint density at radius 1 is 1.17 bits per heavy atom. The monoisotopic (exact) mass is 459 g/mol. The van der Waals surface area contributed by atoms with E-state index < -0.39 is 0 Å². The summed E-state index contributed by atoms with van der Waals surface area (Å²) in [7, 11) is 0. The summed E-state index contributed by atoms with van der Waals surface area (Å²) < 4.78 is 5.58. The molecular formula is C18H26IN3OS. The number of aryl methyl sites for hydroxylation is 1. The molecule has 24 heavy (non-hydrogen) atoms. The number of hydrogen-bond donors (Lipinski definition) is 2. The van der Waals surface area contributed by atoms with E-state index in [2.05, 4.69) is 58.4 Å². The van der Waals surface area contributed by atoms with Gasteiger partial charge in [-0.25, -0.2) is 4.99 Å². The average Bonchev–Trinajstić information content (AvgIpc) is 3.06. The van der Waals surface area contributed by atoms with Crippen molar-refractivity contribution in [1.29, 1.82) is 0 Å². The highest BCUT2D eigenvalue weighted by Crippen LogP contribution is 2.19. The van der Waals surface area contributed by atoms with E-state index in [0.29, 0.717) is 13.2 Å². The number of halogens is 1. The molecule has 0 radical (unpaired) electrons. The highest BCUT2D eigenvalue weighted by molar-refractivity contribution is 14.0. The van der Waals surface area contributed by atoms with Crippen molar-refractivity contribution >= 4 is 41.3 Å². The topological polar surface area (TPSA) is 45.7 Å². The van der Waals surface area contributed by atoms with E-state index in [9.17, 15) is 0 Å². The van der Waals surface area contributed by atoms with Gasteiger partial charge in [0.2, 0.25) is 0 Å². The Bertz CT molecular complexity index is 629. The first kappa shape index (κ1) is 20.8. The Morgan fingerprint density at radius 2 is 2.00 bits per heavy atom. The molecule has 2 rings (SSSR count). The van der Waals surface area contributed by atoms with E-state index in [4.69, 9.17) is 4.74 Å².